The van der Waals surface area contributed by atoms with Crippen LogP contribution in [-0.2, 0) is 0 Å². The smallest absolute Gasteiger partial charge is 0.153 e. The van der Waals surface area contributed by atoms with Gasteiger partial charge < -0.3 is 14.6 Å². The summed E-state index contributed by atoms with van der Waals surface area (Å²) >= 11 is 0. The largest absolute Gasteiger partial charge is 0.497 e. The van der Waals surface area contributed by atoms with Crippen LogP contribution in [0.5, 0.6) is 11.5 Å². The zero-order valence-electron chi connectivity index (χ0n) is 10.7. The minimum atomic E-state index is 0.242. The molecule has 0 heterocycles. The first-order chi connectivity index (χ1) is 8.81. The van der Waals surface area contributed by atoms with E-state index in [4.69, 9.17) is 14.6 Å². The van der Waals surface area contributed by atoms with Gasteiger partial charge in [0.15, 0.2) is 6.29 Å². The summed E-state index contributed by atoms with van der Waals surface area (Å²) in [5, 5.41) is 8.64. The van der Waals surface area contributed by atoms with E-state index in [1.165, 1.54) is 0 Å². The van der Waals surface area contributed by atoms with Crippen molar-refractivity contribution in [2.75, 3.05) is 20.3 Å². The Labute approximate surface area is 108 Å². The van der Waals surface area contributed by atoms with Crippen LogP contribution in [0.2, 0.25) is 0 Å². The van der Waals surface area contributed by atoms with E-state index in [-0.39, 0.29) is 6.61 Å². The van der Waals surface area contributed by atoms with Crippen molar-refractivity contribution in [2.45, 2.75) is 25.7 Å². The molecular formula is C14H20O4. The van der Waals surface area contributed by atoms with Gasteiger partial charge >= 0.3 is 0 Å². The quantitative estimate of drug-likeness (QED) is 0.541. The molecule has 0 aromatic heterocycles. The summed E-state index contributed by atoms with van der Waals surface area (Å²) in [6.07, 6.45) is 4.54. The fourth-order valence-corrected chi connectivity index (χ4v) is 1.61. The predicted octanol–water partition coefficient (Wildman–Crippen LogP) is 2.44. The Kier molecular flexibility index (Phi) is 6.87. The molecule has 0 aliphatic heterocycles. The molecule has 0 aliphatic rings. The number of unbranched alkanes of at least 4 members (excludes halogenated alkanes) is 3. The van der Waals surface area contributed by atoms with Gasteiger partial charge in [-0.05, 0) is 31.4 Å². The Morgan fingerprint density at radius 3 is 2.67 bits per heavy atom. The highest BCUT2D eigenvalue weighted by Gasteiger charge is 2.04. The van der Waals surface area contributed by atoms with Crippen LogP contribution in [0.4, 0.5) is 0 Å². The molecule has 0 atom stereocenters. The number of hydrogen-bond acceptors (Lipinski definition) is 4. The van der Waals surface area contributed by atoms with Crippen LogP contribution in [0.1, 0.15) is 36.0 Å². The van der Waals surface area contributed by atoms with E-state index in [0.717, 1.165) is 32.0 Å². The second-order valence-electron chi connectivity index (χ2n) is 4.01. The lowest BCUT2D eigenvalue weighted by molar-refractivity contribution is 0.111. The van der Waals surface area contributed by atoms with Crippen molar-refractivity contribution in [1.29, 1.82) is 0 Å². The minimum Gasteiger partial charge on any atom is -0.497 e. The molecule has 1 aromatic rings. The van der Waals surface area contributed by atoms with E-state index in [9.17, 15) is 4.79 Å². The van der Waals surface area contributed by atoms with E-state index >= 15 is 0 Å². The fourth-order valence-electron chi connectivity index (χ4n) is 1.61. The number of aldehydes is 1. The lowest BCUT2D eigenvalue weighted by Crippen LogP contribution is -2.00. The first-order valence-electron chi connectivity index (χ1n) is 6.18. The maximum absolute atomic E-state index is 10.9. The summed E-state index contributed by atoms with van der Waals surface area (Å²) in [7, 11) is 1.58. The van der Waals surface area contributed by atoms with Gasteiger partial charge in [0.05, 0.1) is 19.3 Å². The van der Waals surface area contributed by atoms with Crippen LogP contribution in [-0.4, -0.2) is 31.7 Å². The number of carbonyl (C=O) groups is 1. The molecule has 0 fully saturated rings. The number of aliphatic hydroxyl groups is 1. The Bertz CT molecular complexity index is 363. The molecule has 100 valence electrons. The number of rotatable bonds is 9. The van der Waals surface area contributed by atoms with Crippen molar-refractivity contribution in [3.05, 3.63) is 23.8 Å². The Hall–Kier alpha value is -1.55. The normalized spacial score (nSPS) is 10.1. The Morgan fingerprint density at radius 1 is 1.22 bits per heavy atom. The molecule has 0 spiro atoms. The molecule has 4 heteroatoms. The van der Waals surface area contributed by atoms with Crippen molar-refractivity contribution >= 4 is 6.29 Å². The third-order valence-electron chi connectivity index (χ3n) is 2.66. The monoisotopic (exact) mass is 252 g/mol. The second kappa shape index (κ2) is 8.53. The van der Waals surface area contributed by atoms with Crippen LogP contribution in [0.15, 0.2) is 18.2 Å². The number of benzene rings is 1. The summed E-state index contributed by atoms with van der Waals surface area (Å²) in [6, 6.07) is 5.14. The van der Waals surface area contributed by atoms with Gasteiger partial charge in [0.25, 0.3) is 0 Å². The average molecular weight is 252 g/mol. The molecule has 0 saturated carbocycles. The second-order valence-corrected chi connectivity index (χ2v) is 4.01. The van der Waals surface area contributed by atoms with E-state index in [1.807, 2.05) is 0 Å². The van der Waals surface area contributed by atoms with Crippen LogP contribution < -0.4 is 9.47 Å². The van der Waals surface area contributed by atoms with E-state index < -0.39 is 0 Å². The molecule has 0 saturated heterocycles. The molecule has 0 amide bonds. The van der Waals surface area contributed by atoms with Crippen LogP contribution >= 0.6 is 0 Å². The third-order valence-corrected chi connectivity index (χ3v) is 2.66. The highest BCUT2D eigenvalue weighted by Crippen LogP contribution is 2.23. The van der Waals surface area contributed by atoms with Gasteiger partial charge in [0, 0.05) is 12.7 Å². The average Bonchev–Trinajstić information content (AvgIpc) is 2.42. The van der Waals surface area contributed by atoms with Gasteiger partial charge in [0.1, 0.15) is 11.5 Å². The molecule has 0 unspecified atom stereocenters. The topological polar surface area (TPSA) is 55.8 Å². The molecule has 0 aliphatic carbocycles. The van der Waals surface area contributed by atoms with Gasteiger partial charge in [-0.25, -0.2) is 0 Å². The maximum atomic E-state index is 10.9. The zero-order valence-corrected chi connectivity index (χ0v) is 10.7. The lowest BCUT2D eigenvalue weighted by atomic mass is 10.2. The molecule has 4 nitrogen and oxygen atoms in total. The number of aliphatic hydroxyl groups excluding tert-OH is 1. The number of ether oxygens (including phenoxy) is 2. The summed E-state index contributed by atoms with van der Waals surface area (Å²) in [6.45, 7) is 0.811. The fraction of sp³-hybridized carbons (Fsp3) is 0.500. The molecular weight excluding hydrogens is 232 g/mol. The minimum absolute atomic E-state index is 0.242. The SMILES string of the molecule is COc1ccc(C=O)c(OCCCCCCO)c1. The first kappa shape index (κ1) is 14.5. The summed E-state index contributed by atoms with van der Waals surface area (Å²) in [5.41, 5.74) is 0.533. The summed E-state index contributed by atoms with van der Waals surface area (Å²) in [5.74, 6) is 1.24. The van der Waals surface area contributed by atoms with Crippen molar-refractivity contribution in [2.24, 2.45) is 0 Å². The summed E-state index contributed by atoms with van der Waals surface area (Å²) < 4.78 is 10.7. The zero-order chi connectivity index (χ0) is 13.2. The van der Waals surface area contributed by atoms with Crippen LogP contribution in [0.3, 0.4) is 0 Å². The van der Waals surface area contributed by atoms with Gasteiger partial charge in [-0.15, -0.1) is 0 Å². The standard InChI is InChI=1S/C14H20O4/c1-17-13-7-6-12(11-16)14(10-13)18-9-5-3-2-4-8-15/h6-7,10-11,15H,2-5,8-9H2,1H3. The van der Waals surface area contributed by atoms with Gasteiger partial charge in [0.2, 0.25) is 0 Å². The Morgan fingerprint density at radius 2 is 2.00 bits per heavy atom. The van der Waals surface area contributed by atoms with Crippen molar-refractivity contribution < 1.29 is 19.4 Å². The van der Waals surface area contributed by atoms with E-state index in [2.05, 4.69) is 0 Å². The molecule has 1 aromatic carbocycles. The third kappa shape index (κ3) is 4.75. The molecule has 0 bridgehead atoms. The van der Waals surface area contributed by atoms with Crippen molar-refractivity contribution in [3.8, 4) is 11.5 Å². The van der Waals surface area contributed by atoms with E-state index in [1.54, 1.807) is 25.3 Å². The highest BCUT2D eigenvalue weighted by atomic mass is 16.5. The number of methoxy groups -OCH3 is 1. The highest BCUT2D eigenvalue weighted by molar-refractivity contribution is 5.79. The predicted molar refractivity (Wildman–Crippen MR) is 69.4 cm³/mol. The van der Waals surface area contributed by atoms with Gasteiger partial charge in [-0.1, -0.05) is 6.42 Å². The van der Waals surface area contributed by atoms with Gasteiger partial charge in [-0.3, -0.25) is 4.79 Å². The van der Waals surface area contributed by atoms with Crippen molar-refractivity contribution in [3.63, 3.8) is 0 Å². The van der Waals surface area contributed by atoms with Crippen molar-refractivity contribution in [1.82, 2.24) is 0 Å². The summed E-state index contributed by atoms with van der Waals surface area (Å²) in [4.78, 5) is 10.9. The molecule has 0 radical (unpaired) electrons. The first-order valence-corrected chi connectivity index (χ1v) is 6.18. The van der Waals surface area contributed by atoms with Gasteiger partial charge in [-0.2, -0.15) is 0 Å². The molecule has 1 rings (SSSR count). The lowest BCUT2D eigenvalue weighted by Gasteiger charge is -2.09. The maximum Gasteiger partial charge on any atom is 0.153 e. The Balaban J connectivity index is 2.42. The number of carbonyl (C=O) groups excluding carboxylic acids is 1. The molecule has 18 heavy (non-hydrogen) atoms. The molecule has 1 N–H and O–H groups in total. The van der Waals surface area contributed by atoms with E-state index in [0.29, 0.717) is 23.7 Å². The number of hydrogen-bond donors (Lipinski definition) is 1. The van der Waals surface area contributed by atoms with Crippen LogP contribution in [0, 0.1) is 0 Å². The van der Waals surface area contributed by atoms with Crippen LogP contribution in [0.25, 0.3) is 0 Å².